The molecular formula is C10H15NO2S2. The molecule has 1 N–H and O–H groups in total. The first-order valence-electron chi connectivity index (χ1n) is 4.41. The maximum atomic E-state index is 5.28. The maximum Gasteiger partial charge on any atom is 0.143 e. The van der Waals surface area contributed by atoms with Crippen molar-refractivity contribution in [2.24, 2.45) is 0 Å². The predicted molar refractivity (Wildman–Crippen MR) is 68.8 cm³/mol. The van der Waals surface area contributed by atoms with Gasteiger partial charge in [-0.05, 0) is 12.3 Å². The first kappa shape index (κ1) is 12.4. The Kier molecular flexibility index (Phi) is 4.98. The highest BCUT2D eigenvalue weighted by atomic mass is 32.2. The van der Waals surface area contributed by atoms with Gasteiger partial charge in [-0.2, -0.15) is 12.6 Å². The summed E-state index contributed by atoms with van der Waals surface area (Å²) in [6.45, 7) is 0. The highest BCUT2D eigenvalue weighted by Gasteiger charge is 2.09. The van der Waals surface area contributed by atoms with Crippen molar-refractivity contribution in [3.05, 3.63) is 12.1 Å². The maximum absolute atomic E-state index is 5.28. The smallest absolute Gasteiger partial charge is 0.143 e. The van der Waals surface area contributed by atoms with E-state index < -0.39 is 0 Å². The molecule has 1 rings (SSSR count). The predicted octanol–water partition coefficient (Wildman–Crippen LogP) is 2.72. The van der Waals surface area contributed by atoms with Crippen molar-refractivity contribution in [2.75, 3.05) is 31.7 Å². The third-order valence-electron chi connectivity index (χ3n) is 1.98. The molecule has 5 heteroatoms. The molecule has 0 bridgehead atoms. The van der Waals surface area contributed by atoms with Gasteiger partial charge in [0.1, 0.15) is 11.5 Å². The highest BCUT2D eigenvalue weighted by molar-refractivity contribution is 7.98. The van der Waals surface area contributed by atoms with Crippen LogP contribution >= 0.6 is 24.4 Å². The summed E-state index contributed by atoms with van der Waals surface area (Å²) in [5.41, 5.74) is 0.891. The minimum atomic E-state index is 0.554. The number of ether oxygens (including phenoxy) is 2. The number of methoxy groups -OCH3 is 2. The summed E-state index contributed by atoms with van der Waals surface area (Å²) >= 11 is 5.74. The van der Waals surface area contributed by atoms with E-state index in [9.17, 15) is 0 Å². The quantitative estimate of drug-likeness (QED) is 0.474. The third kappa shape index (κ3) is 2.89. The van der Waals surface area contributed by atoms with Gasteiger partial charge in [-0.25, -0.2) is 0 Å². The molecule has 0 unspecified atom stereocenters. The Balaban J connectivity index is 3.15. The topological polar surface area (TPSA) is 30.5 Å². The zero-order valence-corrected chi connectivity index (χ0v) is 10.7. The number of hydrogen-bond donors (Lipinski definition) is 2. The Bertz CT molecular complexity index is 331. The van der Waals surface area contributed by atoms with Crippen LogP contribution in [0.2, 0.25) is 0 Å². The molecule has 0 atom stereocenters. The number of thioether (sulfide) groups is 1. The van der Waals surface area contributed by atoms with Gasteiger partial charge in [0.2, 0.25) is 0 Å². The molecule has 0 fully saturated rings. The van der Waals surface area contributed by atoms with Crippen molar-refractivity contribution in [1.29, 1.82) is 0 Å². The molecule has 0 aliphatic carbocycles. The monoisotopic (exact) mass is 245 g/mol. The van der Waals surface area contributed by atoms with E-state index in [1.807, 2.05) is 18.4 Å². The van der Waals surface area contributed by atoms with Crippen molar-refractivity contribution >= 4 is 30.1 Å². The number of nitrogens with one attached hydrogen (secondary N) is 1. The molecule has 0 aromatic heterocycles. The molecule has 84 valence electrons. The van der Waals surface area contributed by atoms with Crippen LogP contribution in [0.4, 0.5) is 5.69 Å². The Labute approximate surface area is 99.9 Å². The summed E-state index contributed by atoms with van der Waals surface area (Å²) in [4.78, 5) is 1.05. The van der Waals surface area contributed by atoms with E-state index >= 15 is 0 Å². The van der Waals surface area contributed by atoms with E-state index in [1.54, 1.807) is 26.0 Å². The van der Waals surface area contributed by atoms with Gasteiger partial charge < -0.3 is 14.8 Å². The van der Waals surface area contributed by atoms with Gasteiger partial charge >= 0.3 is 0 Å². The van der Waals surface area contributed by atoms with Gasteiger partial charge in [0.25, 0.3) is 0 Å². The first-order chi connectivity index (χ1) is 7.26. The molecule has 0 heterocycles. The molecule has 0 aliphatic heterocycles. The second kappa shape index (κ2) is 6.02. The van der Waals surface area contributed by atoms with E-state index in [0.717, 1.165) is 22.1 Å². The van der Waals surface area contributed by atoms with Crippen molar-refractivity contribution in [3.8, 4) is 11.5 Å². The zero-order chi connectivity index (χ0) is 11.3. The van der Waals surface area contributed by atoms with Gasteiger partial charge in [0.15, 0.2) is 0 Å². The number of anilines is 1. The van der Waals surface area contributed by atoms with Crippen LogP contribution in [0.5, 0.6) is 11.5 Å². The molecular weight excluding hydrogens is 230 g/mol. The number of hydrogen-bond acceptors (Lipinski definition) is 5. The van der Waals surface area contributed by atoms with Gasteiger partial charge in [-0.15, -0.1) is 11.8 Å². The molecule has 1 aromatic rings. The van der Waals surface area contributed by atoms with Gasteiger partial charge in [-0.1, -0.05) is 0 Å². The van der Waals surface area contributed by atoms with Crippen molar-refractivity contribution in [2.45, 2.75) is 4.90 Å². The van der Waals surface area contributed by atoms with E-state index in [1.165, 1.54) is 0 Å². The lowest BCUT2D eigenvalue weighted by atomic mass is 10.2. The summed E-state index contributed by atoms with van der Waals surface area (Å²) < 4.78 is 10.6. The second-order valence-corrected chi connectivity index (χ2v) is 3.91. The van der Waals surface area contributed by atoms with E-state index in [2.05, 4.69) is 17.9 Å². The van der Waals surface area contributed by atoms with Gasteiger partial charge in [0, 0.05) is 6.07 Å². The van der Waals surface area contributed by atoms with Crippen LogP contribution < -0.4 is 14.8 Å². The van der Waals surface area contributed by atoms with Crippen LogP contribution in [0, 0.1) is 0 Å². The molecule has 0 aliphatic rings. The van der Waals surface area contributed by atoms with Gasteiger partial charge in [0.05, 0.1) is 30.7 Å². The van der Waals surface area contributed by atoms with E-state index in [-0.39, 0.29) is 0 Å². The Hall–Kier alpha value is -0.680. The fraction of sp³-hybridized carbons (Fsp3) is 0.400. The summed E-state index contributed by atoms with van der Waals surface area (Å²) in [6, 6.07) is 3.87. The standard InChI is InChI=1S/C10H15NO2S2/c1-12-8-5-10(15-3)9(13-2)4-7(8)11-6-14/h4-5,11,14H,6H2,1-3H3. The lowest BCUT2D eigenvalue weighted by Crippen LogP contribution is -1.99. The van der Waals surface area contributed by atoms with Gasteiger partial charge in [-0.3, -0.25) is 0 Å². The van der Waals surface area contributed by atoms with Crippen LogP contribution in [0.1, 0.15) is 0 Å². The lowest BCUT2D eigenvalue weighted by molar-refractivity contribution is 0.395. The SMILES string of the molecule is COc1cc(SC)c(OC)cc1NCS. The molecule has 3 nitrogen and oxygen atoms in total. The minimum Gasteiger partial charge on any atom is -0.496 e. The number of thiol groups is 1. The summed E-state index contributed by atoms with van der Waals surface area (Å²) in [7, 11) is 3.31. The highest BCUT2D eigenvalue weighted by Crippen LogP contribution is 2.37. The van der Waals surface area contributed by atoms with Crippen molar-refractivity contribution < 1.29 is 9.47 Å². The van der Waals surface area contributed by atoms with Crippen LogP contribution in [0.15, 0.2) is 17.0 Å². The van der Waals surface area contributed by atoms with Crippen LogP contribution in [-0.4, -0.2) is 26.4 Å². The summed E-state index contributed by atoms with van der Waals surface area (Å²) in [5, 5.41) is 3.10. The Morgan fingerprint density at radius 1 is 1.27 bits per heavy atom. The van der Waals surface area contributed by atoms with Crippen molar-refractivity contribution in [3.63, 3.8) is 0 Å². The van der Waals surface area contributed by atoms with Crippen molar-refractivity contribution in [1.82, 2.24) is 0 Å². The molecule has 0 saturated carbocycles. The molecule has 0 radical (unpaired) electrons. The largest absolute Gasteiger partial charge is 0.496 e. The molecule has 0 amide bonds. The van der Waals surface area contributed by atoms with E-state index in [4.69, 9.17) is 9.47 Å². The fourth-order valence-electron chi connectivity index (χ4n) is 1.25. The lowest BCUT2D eigenvalue weighted by Gasteiger charge is -2.14. The Morgan fingerprint density at radius 3 is 2.40 bits per heavy atom. The average Bonchev–Trinajstić information content (AvgIpc) is 2.28. The zero-order valence-electron chi connectivity index (χ0n) is 9.03. The number of benzene rings is 1. The molecule has 15 heavy (non-hydrogen) atoms. The minimum absolute atomic E-state index is 0.554. The third-order valence-corrected chi connectivity index (χ3v) is 2.89. The van der Waals surface area contributed by atoms with Crippen LogP contribution in [0.25, 0.3) is 0 Å². The molecule has 0 saturated heterocycles. The van der Waals surface area contributed by atoms with E-state index in [0.29, 0.717) is 5.88 Å². The normalized spacial score (nSPS) is 9.87. The second-order valence-electron chi connectivity index (χ2n) is 2.74. The first-order valence-corrected chi connectivity index (χ1v) is 6.27. The van der Waals surface area contributed by atoms with Crippen LogP contribution in [-0.2, 0) is 0 Å². The molecule has 1 aromatic carbocycles. The average molecular weight is 245 g/mol. The Morgan fingerprint density at radius 2 is 1.93 bits per heavy atom. The summed E-state index contributed by atoms with van der Waals surface area (Å²) in [5.74, 6) is 2.19. The summed E-state index contributed by atoms with van der Waals surface area (Å²) in [6.07, 6.45) is 2.00. The molecule has 0 spiro atoms. The van der Waals surface area contributed by atoms with Crippen LogP contribution in [0.3, 0.4) is 0 Å². The fourth-order valence-corrected chi connectivity index (χ4v) is 1.99. The number of rotatable bonds is 5.